The van der Waals surface area contributed by atoms with Crippen molar-refractivity contribution in [1.82, 2.24) is 4.31 Å². The summed E-state index contributed by atoms with van der Waals surface area (Å²) in [7, 11) is -3.74. The van der Waals surface area contributed by atoms with Gasteiger partial charge in [-0.1, -0.05) is 35.9 Å². The lowest BCUT2D eigenvalue weighted by Crippen LogP contribution is -2.33. The number of rotatable bonds is 6. The van der Waals surface area contributed by atoms with Gasteiger partial charge in [0.25, 0.3) is 0 Å². The Bertz CT molecular complexity index is 1220. The standard InChI is InChI=1S/C24H23ClFNO4S/c1-17-22(25)3-2-4-24(17)32(28,29)27-11-12-31-23-10-7-19(13-20(23)14-27)16-30-15-18-5-8-21(26)9-6-18/h2-10,13H,11-12,14-16H2,1H3. The van der Waals surface area contributed by atoms with Gasteiger partial charge in [-0.25, -0.2) is 12.8 Å². The Morgan fingerprint density at radius 3 is 2.56 bits per heavy atom. The zero-order valence-electron chi connectivity index (χ0n) is 17.6. The van der Waals surface area contributed by atoms with Crippen LogP contribution in [0.3, 0.4) is 0 Å². The molecule has 3 aromatic carbocycles. The maximum Gasteiger partial charge on any atom is 0.243 e. The number of nitrogens with zero attached hydrogens (tertiary/aromatic N) is 1. The topological polar surface area (TPSA) is 55.8 Å². The molecule has 0 saturated heterocycles. The van der Waals surface area contributed by atoms with Crippen molar-refractivity contribution < 1.29 is 22.3 Å². The summed E-state index contributed by atoms with van der Waals surface area (Å²) in [5.41, 5.74) is 3.07. The summed E-state index contributed by atoms with van der Waals surface area (Å²) in [6.07, 6.45) is 0. The van der Waals surface area contributed by atoms with Crippen LogP contribution in [0.4, 0.5) is 4.39 Å². The van der Waals surface area contributed by atoms with Crippen molar-refractivity contribution in [1.29, 1.82) is 0 Å². The Kier molecular flexibility index (Phi) is 6.81. The van der Waals surface area contributed by atoms with Crippen molar-refractivity contribution in [3.05, 3.63) is 93.8 Å². The van der Waals surface area contributed by atoms with Gasteiger partial charge in [0.1, 0.15) is 18.2 Å². The van der Waals surface area contributed by atoms with E-state index in [1.165, 1.54) is 16.4 Å². The zero-order chi connectivity index (χ0) is 22.7. The van der Waals surface area contributed by atoms with Gasteiger partial charge in [-0.3, -0.25) is 0 Å². The number of benzene rings is 3. The number of sulfonamides is 1. The van der Waals surface area contributed by atoms with Crippen molar-refractivity contribution in [2.24, 2.45) is 0 Å². The normalized spacial score (nSPS) is 14.5. The third kappa shape index (κ3) is 4.96. The fourth-order valence-corrected chi connectivity index (χ4v) is 5.47. The number of fused-ring (bicyclic) bond motifs is 1. The van der Waals surface area contributed by atoms with Gasteiger partial charge in [-0.2, -0.15) is 4.31 Å². The van der Waals surface area contributed by atoms with Crippen molar-refractivity contribution >= 4 is 21.6 Å². The third-order valence-corrected chi connectivity index (χ3v) is 7.76. The van der Waals surface area contributed by atoms with Crippen LogP contribution in [-0.4, -0.2) is 25.9 Å². The van der Waals surface area contributed by atoms with Crippen LogP contribution in [0.25, 0.3) is 0 Å². The van der Waals surface area contributed by atoms with E-state index in [9.17, 15) is 12.8 Å². The minimum absolute atomic E-state index is 0.190. The summed E-state index contributed by atoms with van der Waals surface area (Å²) < 4.78 is 52.6. The summed E-state index contributed by atoms with van der Waals surface area (Å²) in [6, 6.07) is 16.7. The number of ether oxygens (including phenoxy) is 2. The Hall–Kier alpha value is -2.45. The maximum atomic E-state index is 13.3. The molecule has 0 aliphatic carbocycles. The lowest BCUT2D eigenvalue weighted by molar-refractivity contribution is 0.107. The predicted octanol–water partition coefficient (Wildman–Crippen LogP) is 5.09. The van der Waals surface area contributed by atoms with E-state index in [0.717, 1.165) is 16.7 Å². The van der Waals surface area contributed by atoms with E-state index in [0.29, 0.717) is 29.5 Å². The highest BCUT2D eigenvalue weighted by molar-refractivity contribution is 7.89. The van der Waals surface area contributed by atoms with Gasteiger partial charge < -0.3 is 9.47 Å². The van der Waals surface area contributed by atoms with Crippen molar-refractivity contribution in [3.63, 3.8) is 0 Å². The molecule has 0 amide bonds. The van der Waals surface area contributed by atoms with Gasteiger partial charge in [-0.05, 0) is 60.0 Å². The van der Waals surface area contributed by atoms with Crippen molar-refractivity contribution in [2.75, 3.05) is 13.2 Å². The second kappa shape index (κ2) is 9.58. The average molecular weight is 476 g/mol. The highest BCUT2D eigenvalue weighted by Gasteiger charge is 2.29. The van der Waals surface area contributed by atoms with Gasteiger partial charge in [-0.15, -0.1) is 0 Å². The second-order valence-electron chi connectivity index (χ2n) is 7.61. The number of halogens is 2. The lowest BCUT2D eigenvalue weighted by atomic mass is 10.1. The van der Waals surface area contributed by atoms with Crippen molar-refractivity contribution in [3.8, 4) is 5.75 Å². The minimum Gasteiger partial charge on any atom is -0.492 e. The van der Waals surface area contributed by atoms with Gasteiger partial charge in [0.05, 0.1) is 18.1 Å². The molecule has 3 aromatic rings. The van der Waals surface area contributed by atoms with Crippen molar-refractivity contribution in [2.45, 2.75) is 31.6 Å². The Morgan fingerprint density at radius 2 is 1.78 bits per heavy atom. The molecule has 32 heavy (non-hydrogen) atoms. The average Bonchev–Trinajstić information content (AvgIpc) is 2.99. The van der Waals surface area contributed by atoms with E-state index in [1.54, 1.807) is 37.3 Å². The predicted molar refractivity (Wildman–Crippen MR) is 121 cm³/mol. The van der Waals surface area contributed by atoms with Gasteiger partial charge in [0.15, 0.2) is 0 Å². The molecule has 1 heterocycles. The van der Waals surface area contributed by atoms with E-state index < -0.39 is 10.0 Å². The third-order valence-electron chi connectivity index (χ3n) is 5.36. The Morgan fingerprint density at radius 1 is 1.06 bits per heavy atom. The fraction of sp³-hybridized carbons (Fsp3) is 0.250. The quantitative estimate of drug-likeness (QED) is 0.498. The first-order valence-electron chi connectivity index (χ1n) is 10.2. The molecule has 8 heteroatoms. The maximum absolute atomic E-state index is 13.3. The largest absolute Gasteiger partial charge is 0.492 e. The van der Waals surface area contributed by atoms with Gasteiger partial charge in [0.2, 0.25) is 10.0 Å². The molecule has 0 fully saturated rings. The molecule has 0 radical (unpaired) electrons. The zero-order valence-corrected chi connectivity index (χ0v) is 19.1. The molecular formula is C24H23ClFNO4S. The van der Waals surface area contributed by atoms with Crippen LogP contribution in [0.1, 0.15) is 22.3 Å². The highest BCUT2D eigenvalue weighted by Crippen LogP contribution is 2.30. The monoisotopic (exact) mass is 475 g/mol. The fourth-order valence-electron chi connectivity index (χ4n) is 3.59. The van der Waals surface area contributed by atoms with E-state index in [4.69, 9.17) is 21.1 Å². The highest BCUT2D eigenvalue weighted by atomic mass is 35.5. The molecule has 0 N–H and O–H groups in total. The van der Waals surface area contributed by atoms with Crippen LogP contribution in [0.5, 0.6) is 5.75 Å². The van der Waals surface area contributed by atoms with E-state index in [-0.39, 0.29) is 30.4 Å². The van der Waals surface area contributed by atoms with Gasteiger partial charge in [0, 0.05) is 23.7 Å². The lowest BCUT2D eigenvalue weighted by Gasteiger charge is -2.21. The summed E-state index contributed by atoms with van der Waals surface area (Å²) in [5, 5.41) is 0.415. The number of hydrogen-bond donors (Lipinski definition) is 0. The molecule has 0 saturated carbocycles. The Balaban J connectivity index is 1.50. The smallest absolute Gasteiger partial charge is 0.243 e. The molecular weight excluding hydrogens is 453 g/mol. The summed E-state index contributed by atoms with van der Waals surface area (Å²) in [6.45, 7) is 3.07. The molecule has 168 valence electrons. The van der Waals surface area contributed by atoms with Crippen LogP contribution < -0.4 is 4.74 Å². The first kappa shape index (κ1) is 22.7. The summed E-state index contributed by atoms with van der Waals surface area (Å²) in [4.78, 5) is 0.201. The molecule has 0 atom stereocenters. The molecule has 1 aliphatic rings. The van der Waals surface area contributed by atoms with Crippen LogP contribution >= 0.6 is 11.6 Å². The summed E-state index contributed by atoms with van der Waals surface area (Å²) in [5.74, 6) is 0.375. The van der Waals surface area contributed by atoms with Crippen LogP contribution in [-0.2, 0) is 34.5 Å². The van der Waals surface area contributed by atoms with Crippen LogP contribution in [0.15, 0.2) is 65.6 Å². The Labute approximate surface area is 192 Å². The second-order valence-corrected chi connectivity index (χ2v) is 9.92. The SMILES string of the molecule is Cc1c(Cl)cccc1S(=O)(=O)N1CCOc2ccc(COCc3ccc(F)cc3)cc2C1. The molecule has 4 rings (SSSR count). The van der Waals surface area contributed by atoms with E-state index in [2.05, 4.69) is 0 Å². The first-order chi connectivity index (χ1) is 15.3. The van der Waals surface area contributed by atoms with E-state index >= 15 is 0 Å². The van der Waals surface area contributed by atoms with Gasteiger partial charge >= 0.3 is 0 Å². The summed E-state index contributed by atoms with van der Waals surface area (Å²) >= 11 is 6.15. The minimum atomic E-state index is -3.74. The molecule has 0 unspecified atom stereocenters. The molecule has 0 aromatic heterocycles. The first-order valence-corrected chi connectivity index (χ1v) is 12.0. The molecule has 0 spiro atoms. The van der Waals surface area contributed by atoms with Crippen LogP contribution in [0.2, 0.25) is 5.02 Å². The van der Waals surface area contributed by atoms with E-state index in [1.807, 2.05) is 18.2 Å². The molecule has 0 bridgehead atoms. The number of hydrogen-bond acceptors (Lipinski definition) is 4. The molecule has 1 aliphatic heterocycles. The van der Waals surface area contributed by atoms with Crippen LogP contribution in [0, 0.1) is 12.7 Å². The molecule has 5 nitrogen and oxygen atoms in total.